The van der Waals surface area contributed by atoms with Gasteiger partial charge in [-0.2, -0.15) is 0 Å². The Labute approximate surface area is 66.6 Å². The van der Waals surface area contributed by atoms with Gasteiger partial charge in [-0.3, -0.25) is 16.3 Å². The van der Waals surface area contributed by atoms with Crippen LogP contribution in [-0.2, 0) is 6.42 Å². The van der Waals surface area contributed by atoms with Crippen molar-refractivity contribution in [2.24, 2.45) is 5.84 Å². The van der Waals surface area contributed by atoms with Crippen LogP contribution in [0.15, 0.2) is 24.5 Å². The molecule has 0 aliphatic heterocycles. The van der Waals surface area contributed by atoms with Crippen LogP contribution in [0.1, 0.15) is 12.5 Å². The lowest BCUT2D eigenvalue weighted by Gasteiger charge is -2.08. The average molecular weight is 151 g/mol. The quantitative estimate of drug-likeness (QED) is 0.488. The van der Waals surface area contributed by atoms with Crippen LogP contribution >= 0.6 is 0 Å². The minimum Gasteiger partial charge on any atom is -0.271 e. The Kier molecular flexibility index (Phi) is 3.01. The zero-order chi connectivity index (χ0) is 8.10. The fourth-order valence-corrected chi connectivity index (χ4v) is 0.931. The number of hydrogen-bond donors (Lipinski definition) is 2. The third kappa shape index (κ3) is 2.65. The summed E-state index contributed by atoms with van der Waals surface area (Å²) in [5.41, 5.74) is 3.89. The van der Waals surface area contributed by atoms with Crippen molar-refractivity contribution < 1.29 is 0 Å². The van der Waals surface area contributed by atoms with E-state index < -0.39 is 0 Å². The van der Waals surface area contributed by atoms with Gasteiger partial charge in [-0.25, -0.2) is 0 Å². The molecule has 0 aliphatic carbocycles. The summed E-state index contributed by atoms with van der Waals surface area (Å²) in [6.45, 7) is 2.03. The van der Waals surface area contributed by atoms with Crippen LogP contribution in [0.2, 0.25) is 0 Å². The van der Waals surface area contributed by atoms with E-state index in [0.717, 1.165) is 6.42 Å². The van der Waals surface area contributed by atoms with E-state index in [-0.39, 0.29) is 0 Å². The summed E-state index contributed by atoms with van der Waals surface area (Å²) in [6.07, 6.45) is 4.54. The van der Waals surface area contributed by atoms with Crippen LogP contribution in [0.4, 0.5) is 0 Å². The van der Waals surface area contributed by atoms with Gasteiger partial charge in [-0.05, 0) is 25.0 Å². The molecule has 0 saturated heterocycles. The van der Waals surface area contributed by atoms with Crippen molar-refractivity contribution in [2.45, 2.75) is 19.4 Å². The highest BCUT2D eigenvalue weighted by Crippen LogP contribution is 1.99. The first-order valence-corrected chi connectivity index (χ1v) is 3.68. The SMILES string of the molecule is CC(Cc1cccnc1)NN. The Morgan fingerprint density at radius 2 is 2.55 bits per heavy atom. The van der Waals surface area contributed by atoms with Crippen molar-refractivity contribution in [1.82, 2.24) is 10.4 Å². The van der Waals surface area contributed by atoms with E-state index in [9.17, 15) is 0 Å². The minimum absolute atomic E-state index is 0.305. The number of aromatic nitrogens is 1. The van der Waals surface area contributed by atoms with Crippen molar-refractivity contribution in [1.29, 1.82) is 0 Å². The zero-order valence-corrected chi connectivity index (χ0v) is 6.62. The molecule has 3 heteroatoms. The number of pyridine rings is 1. The van der Waals surface area contributed by atoms with Crippen molar-refractivity contribution in [2.75, 3.05) is 0 Å². The zero-order valence-electron chi connectivity index (χ0n) is 6.62. The van der Waals surface area contributed by atoms with Gasteiger partial charge in [0.05, 0.1) is 0 Å². The molecule has 1 atom stereocenters. The Morgan fingerprint density at radius 3 is 3.09 bits per heavy atom. The van der Waals surface area contributed by atoms with Gasteiger partial charge in [-0.15, -0.1) is 0 Å². The van der Waals surface area contributed by atoms with Crippen LogP contribution in [0.25, 0.3) is 0 Å². The molecule has 60 valence electrons. The van der Waals surface area contributed by atoms with Gasteiger partial charge >= 0.3 is 0 Å². The van der Waals surface area contributed by atoms with E-state index in [1.807, 2.05) is 25.3 Å². The highest BCUT2D eigenvalue weighted by atomic mass is 15.2. The normalized spacial score (nSPS) is 12.9. The third-order valence-corrected chi connectivity index (χ3v) is 1.55. The molecule has 1 heterocycles. The lowest BCUT2D eigenvalue weighted by Crippen LogP contribution is -2.34. The van der Waals surface area contributed by atoms with Gasteiger partial charge in [0.15, 0.2) is 0 Å². The van der Waals surface area contributed by atoms with Gasteiger partial charge in [-0.1, -0.05) is 6.07 Å². The number of nitrogens with zero attached hydrogens (tertiary/aromatic N) is 1. The maximum absolute atomic E-state index is 5.25. The van der Waals surface area contributed by atoms with Crippen LogP contribution in [0.3, 0.4) is 0 Å². The highest BCUT2D eigenvalue weighted by Gasteiger charge is 1.98. The van der Waals surface area contributed by atoms with Crippen molar-refractivity contribution in [3.05, 3.63) is 30.1 Å². The Morgan fingerprint density at radius 1 is 1.73 bits per heavy atom. The second kappa shape index (κ2) is 4.05. The summed E-state index contributed by atoms with van der Waals surface area (Å²) < 4.78 is 0. The first-order valence-electron chi connectivity index (χ1n) is 3.68. The Hall–Kier alpha value is -0.930. The van der Waals surface area contributed by atoms with Gasteiger partial charge in [0, 0.05) is 18.4 Å². The number of rotatable bonds is 3. The summed E-state index contributed by atoms with van der Waals surface area (Å²) in [4.78, 5) is 4.00. The number of nitrogens with one attached hydrogen (secondary N) is 1. The third-order valence-electron chi connectivity index (χ3n) is 1.55. The van der Waals surface area contributed by atoms with E-state index in [1.54, 1.807) is 6.20 Å². The van der Waals surface area contributed by atoms with Crippen molar-refractivity contribution in [3.8, 4) is 0 Å². The largest absolute Gasteiger partial charge is 0.271 e. The number of hydrazine groups is 1. The van der Waals surface area contributed by atoms with E-state index >= 15 is 0 Å². The molecule has 0 radical (unpaired) electrons. The van der Waals surface area contributed by atoms with E-state index in [4.69, 9.17) is 5.84 Å². The molecular formula is C8H13N3. The summed E-state index contributed by atoms with van der Waals surface area (Å²) in [7, 11) is 0. The molecule has 3 N–H and O–H groups in total. The maximum Gasteiger partial charge on any atom is 0.0300 e. The fraction of sp³-hybridized carbons (Fsp3) is 0.375. The predicted octanol–water partition coefficient (Wildman–Crippen LogP) is 0.476. The molecule has 0 fully saturated rings. The molecule has 0 amide bonds. The first-order chi connectivity index (χ1) is 5.33. The monoisotopic (exact) mass is 151 g/mol. The molecule has 11 heavy (non-hydrogen) atoms. The molecule has 0 spiro atoms. The topological polar surface area (TPSA) is 50.9 Å². The minimum atomic E-state index is 0.305. The van der Waals surface area contributed by atoms with Crippen LogP contribution in [0, 0.1) is 0 Å². The number of nitrogens with two attached hydrogens (primary N) is 1. The molecule has 1 aromatic rings. The molecule has 0 saturated carbocycles. The fourth-order valence-electron chi connectivity index (χ4n) is 0.931. The maximum atomic E-state index is 5.25. The van der Waals surface area contributed by atoms with Crippen LogP contribution in [-0.4, -0.2) is 11.0 Å². The lowest BCUT2D eigenvalue weighted by atomic mass is 10.1. The van der Waals surface area contributed by atoms with Crippen LogP contribution < -0.4 is 11.3 Å². The van der Waals surface area contributed by atoms with E-state index in [0.29, 0.717) is 6.04 Å². The molecule has 0 aromatic carbocycles. The predicted molar refractivity (Wildman–Crippen MR) is 44.7 cm³/mol. The second-order valence-corrected chi connectivity index (χ2v) is 2.63. The first kappa shape index (κ1) is 8.17. The van der Waals surface area contributed by atoms with E-state index in [2.05, 4.69) is 10.4 Å². The smallest absolute Gasteiger partial charge is 0.0300 e. The summed E-state index contributed by atoms with van der Waals surface area (Å²) >= 11 is 0. The average Bonchev–Trinajstić information content (AvgIpc) is 2.06. The molecule has 1 rings (SSSR count). The highest BCUT2D eigenvalue weighted by molar-refractivity contribution is 5.09. The van der Waals surface area contributed by atoms with Gasteiger partial charge in [0.1, 0.15) is 0 Å². The van der Waals surface area contributed by atoms with Gasteiger partial charge in [0.25, 0.3) is 0 Å². The van der Waals surface area contributed by atoms with Gasteiger partial charge < -0.3 is 0 Å². The summed E-state index contributed by atoms with van der Waals surface area (Å²) in [5, 5.41) is 0. The van der Waals surface area contributed by atoms with Crippen molar-refractivity contribution in [3.63, 3.8) is 0 Å². The molecule has 1 aromatic heterocycles. The standard InChI is InChI=1S/C8H13N3/c1-7(11-9)5-8-3-2-4-10-6-8/h2-4,6-7,11H,5,9H2,1H3. The molecule has 0 bridgehead atoms. The molecule has 0 aliphatic rings. The lowest BCUT2D eigenvalue weighted by molar-refractivity contribution is 0.567. The Bertz CT molecular complexity index is 198. The van der Waals surface area contributed by atoms with Crippen LogP contribution in [0.5, 0.6) is 0 Å². The summed E-state index contributed by atoms with van der Waals surface area (Å²) in [5.74, 6) is 5.25. The van der Waals surface area contributed by atoms with Gasteiger partial charge in [0.2, 0.25) is 0 Å². The van der Waals surface area contributed by atoms with E-state index in [1.165, 1.54) is 5.56 Å². The molecule has 1 unspecified atom stereocenters. The number of hydrogen-bond acceptors (Lipinski definition) is 3. The van der Waals surface area contributed by atoms with Crippen molar-refractivity contribution >= 4 is 0 Å². The second-order valence-electron chi connectivity index (χ2n) is 2.63. The Balaban J connectivity index is 2.51. The molecule has 3 nitrogen and oxygen atoms in total. The molecular weight excluding hydrogens is 138 g/mol. The summed E-state index contributed by atoms with van der Waals surface area (Å²) in [6, 6.07) is 4.28.